The van der Waals surface area contributed by atoms with E-state index < -0.39 is 42.4 Å². The number of hydrogen-bond acceptors (Lipinski definition) is 7. The van der Waals surface area contributed by atoms with Gasteiger partial charge >= 0.3 is 6.09 Å². The molecule has 3 amide bonds. The summed E-state index contributed by atoms with van der Waals surface area (Å²) in [5.74, 6) is -0.0329. The number of ether oxygens (including phenoxy) is 1. The first-order valence-electron chi connectivity index (χ1n) is 17.1. The Labute approximate surface area is 266 Å². The minimum Gasteiger partial charge on any atom is -0.436 e. The van der Waals surface area contributed by atoms with E-state index in [2.05, 4.69) is 28.1 Å². The van der Waals surface area contributed by atoms with Crippen LogP contribution in [0.5, 0.6) is 0 Å². The van der Waals surface area contributed by atoms with E-state index in [1.165, 1.54) is 11.3 Å². The number of nitrogens with one attached hydrogen (secondary N) is 3. The zero-order valence-corrected chi connectivity index (χ0v) is 28.2. The Morgan fingerprint density at radius 2 is 1.57 bits per heavy atom. The van der Waals surface area contributed by atoms with Crippen molar-refractivity contribution < 1.29 is 29.3 Å². The lowest BCUT2D eigenvalue weighted by atomic mass is 9.82. The molecule has 0 aromatic carbocycles. The summed E-state index contributed by atoms with van der Waals surface area (Å²) in [6.45, 7) is 8.97. The molecule has 1 saturated carbocycles. The maximum atomic E-state index is 13.8. The molecule has 2 aliphatic carbocycles. The number of hydrogen-bond donors (Lipinski definition) is 5. The van der Waals surface area contributed by atoms with Crippen LogP contribution in [0, 0.1) is 23.7 Å². The fourth-order valence-corrected chi connectivity index (χ4v) is 6.37. The molecule has 0 saturated heterocycles. The van der Waals surface area contributed by atoms with E-state index >= 15 is 0 Å². The van der Waals surface area contributed by atoms with Gasteiger partial charge in [0.15, 0.2) is 6.10 Å². The van der Waals surface area contributed by atoms with E-state index in [9.17, 15) is 24.6 Å². The second-order valence-corrected chi connectivity index (χ2v) is 14.0. The summed E-state index contributed by atoms with van der Waals surface area (Å²) >= 11 is 0. The average Bonchev–Trinajstić information content (AvgIpc) is 2.98. The Hall–Kier alpha value is -2.17. The SMILES string of the molecule is CNCCN(C)C(=O)O[C@@H](CC1CC=CCC1)C(=O)N[C@@H](CC(C)C)C(=O)N[C@@H](CC1CCCCC1)[C@@H](O)[C@@H](O)CC(C)C. The number of amides is 3. The summed E-state index contributed by atoms with van der Waals surface area (Å²) in [6.07, 6.45) is 10.5. The van der Waals surface area contributed by atoms with Crippen molar-refractivity contribution >= 4 is 17.9 Å². The fourth-order valence-electron chi connectivity index (χ4n) is 6.37. The van der Waals surface area contributed by atoms with Crippen LogP contribution >= 0.6 is 0 Å². The smallest absolute Gasteiger partial charge is 0.410 e. The molecule has 44 heavy (non-hydrogen) atoms. The Kier molecular flexibility index (Phi) is 17.3. The molecule has 2 aliphatic rings. The normalized spacial score (nSPS) is 20.9. The van der Waals surface area contributed by atoms with E-state index in [1.807, 2.05) is 27.7 Å². The van der Waals surface area contributed by atoms with Gasteiger partial charge in [0.05, 0.1) is 12.1 Å². The van der Waals surface area contributed by atoms with Gasteiger partial charge in [-0.05, 0) is 75.7 Å². The van der Waals surface area contributed by atoms with Gasteiger partial charge in [-0.2, -0.15) is 0 Å². The molecule has 10 nitrogen and oxygen atoms in total. The van der Waals surface area contributed by atoms with Crippen molar-refractivity contribution in [3.63, 3.8) is 0 Å². The lowest BCUT2D eigenvalue weighted by Crippen LogP contribution is -2.57. The van der Waals surface area contributed by atoms with Gasteiger partial charge < -0.3 is 35.8 Å². The maximum Gasteiger partial charge on any atom is 0.410 e. The Bertz CT molecular complexity index is 891. The van der Waals surface area contributed by atoms with Gasteiger partial charge in [-0.3, -0.25) is 9.59 Å². The van der Waals surface area contributed by atoms with Crippen molar-refractivity contribution in [2.75, 3.05) is 27.2 Å². The first-order valence-corrected chi connectivity index (χ1v) is 17.1. The molecule has 1 fully saturated rings. The lowest BCUT2D eigenvalue weighted by molar-refractivity contribution is -0.136. The standard InChI is InChI=1S/C34H62N4O6/c1-23(2)19-28(32(41)36-27(21-25-13-9-7-10-14-25)31(40)29(39)20-24(3)4)37-33(42)30(22-26-15-11-8-12-16-26)44-34(43)38(6)18-17-35-5/h8,11,23-31,35,39-40H,7,9-10,12-22H2,1-6H3,(H,36,41)(H,37,42)/t26?,27-,28-,29-,30-,31+/m0/s1. The highest BCUT2D eigenvalue weighted by atomic mass is 16.6. The summed E-state index contributed by atoms with van der Waals surface area (Å²) < 4.78 is 5.77. The molecular weight excluding hydrogens is 560 g/mol. The molecule has 0 aliphatic heterocycles. The number of carbonyl (C=O) groups excluding carboxylic acids is 3. The molecule has 6 atom stereocenters. The number of likely N-dealkylation sites (N-methyl/N-ethyl adjacent to an activating group) is 2. The van der Waals surface area contributed by atoms with E-state index in [0.29, 0.717) is 44.7 Å². The zero-order valence-electron chi connectivity index (χ0n) is 28.2. The summed E-state index contributed by atoms with van der Waals surface area (Å²) in [7, 11) is 3.44. The molecular formula is C34H62N4O6. The first kappa shape index (κ1) is 38.0. The monoisotopic (exact) mass is 622 g/mol. The maximum absolute atomic E-state index is 13.8. The van der Waals surface area contributed by atoms with Crippen molar-refractivity contribution in [2.45, 2.75) is 135 Å². The molecule has 0 radical (unpaired) electrons. The van der Waals surface area contributed by atoms with Gasteiger partial charge in [0, 0.05) is 20.1 Å². The molecule has 0 bridgehead atoms. The third-order valence-corrected chi connectivity index (χ3v) is 8.97. The summed E-state index contributed by atoms with van der Waals surface area (Å²) in [5.41, 5.74) is 0. The molecule has 0 aromatic heterocycles. The first-order chi connectivity index (χ1) is 20.9. The van der Waals surface area contributed by atoms with E-state index in [1.54, 1.807) is 14.1 Å². The van der Waals surface area contributed by atoms with Crippen molar-refractivity contribution in [3.05, 3.63) is 12.2 Å². The number of nitrogens with zero attached hydrogens (tertiary/aromatic N) is 1. The molecule has 0 spiro atoms. The largest absolute Gasteiger partial charge is 0.436 e. The molecule has 1 unspecified atom stereocenters. The molecule has 0 heterocycles. The molecule has 2 rings (SSSR count). The molecule has 5 N–H and O–H groups in total. The third kappa shape index (κ3) is 13.9. The van der Waals surface area contributed by atoms with Crippen molar-refractivity contribution in [1.29, 1.82) is 0 Å². The van der Waals surface area contributed by atoms with Crippen LogP contribution in [-0.2, 0) is 14.3 Å². The number of rotatable bonds is 18. The topological polar surface area (TPSA) is 140 Å². The zero-order chi connectivity index (χ0) is 32.6. The second kappa shape index (κ2) is 20.1. The van der Waals surface area contributed by atoms with Gasteiger partial charge in [0.1, 0.15) is 12.1 Å². The Morgan fingerprint density at radius 3 is 2.16 bits per heavy atom. The lowest BCUT2D eigenvalue weighted by Gasteiger charge is -2.34. The highest BCUT2D eigenvalue weighted by molar-refractivity contribution is 5.90. The molecule has 10 heteroatoms. The van der Waals surface area contributed by atoms with Crippen LogP contribution in [0.2, 0.25) is 0 Å². The Balaban J connectivity index is 2.22. The van der Waals surface area contributed by atoms with Crippen LogP contribution in [-0.4, -0.2) is 90.6 Å². The summed E-state index contributed by atoms with van der Waals surface area (Å²) in [4.78, 5) is 41.9. The van der Waals surface area contributed by atoms with Gasteiger partial charge in [-0.25, -0.2) is 4.79 Å². The number of aliphatic hydroxyl groups is 2. The van der Waals surface area contributed by atoms with Crippen molar-refractivity contribution in [1.82, 2.24) is 20.9 Å². The van der Waals surface area contributed by atoms with Crippen LogP contribution < -0.4 is 16.0 Å². The van der Waals surface area contributed by atoms with Gasteiger partial charge in [0.2, 0.25) is 5.91 Å². The number of aliphatic hydroxyl groups excluding tert-OH is 2. The highest BCUT2D eigenvalue weighted by Crippen LogP contribution is 2.29. The van der Waals surface area contributed by atoms with Crippen molar-refractivity contribution in [3.8, 4) is 0 Å². The van der Waals surface area contributed by atoms with Gasteiger partial charge in [-0.1, -0.05) is 72.0 Å². The third-order valence-electron chi connectivity index (χ3n) is 8.97. The predicted octanol–water partition coefficient (Wildman–Crippen LogP) is 4.14. The van der Waals surface area contributed by atoms with Crippen molar-refractivity contribution in [2.24, 2.45) is 23.7 Å². The summed E-state index contributed by atoms with van der Waals surface area (Å²) in [5, 5.41) is 31.0. The van der Waals surface area contributed by atoms with E-state index in [-0.39, 0.29) is 23.7 Å². The second-order valence-electron chi connectivity index (χ2n) is 14.0. The van der Waals surface area contributed by atoms with Crippen LogP contribution in [0.4, 0.5) is 4.79 Å². The van der Waals surface area contributed by atoms with Crippen LogP contribution in [0.25, 0.3) is 0 Å². The quantitative estimate of drug-likeness (QED) is 0.145. The predicted molar refractivity (Wildman–Crippen MR) is 174 cm³/mol. The van der Waals surface area contributed by atoms with Gasteiger partial charge in [0.25, 0.3) is 5.91 Å². The number of allylic oxidation sites excluding steroid dienone is 2. The van der Waals surface area contributed by atoms with Crippen LogP contribution in [0.1, 0.15) is 105 Å². The molecule has 0 aromatic rings. The Morgan fingerprint density at radius 1 is 0.886 bits per heavy atom. The number of carbonyl (C=O) groups is 3. The van der Waals surface area contributed by atoms with Gasteiger partial charge in [-0.15, -0.1) is 0 Å². The minimum atomic E-state index is -1.11. The van der Waals surface area contributed by atoms with Crippen LogP contribution in [0.15, 0.2) is 12.2 Å². The molecule has 254 valence electrons. The fraction of sp³-hybridized carbons (Fsp3) is 0.853. The average molecular weight is 623 g/mol. The highest BCUT2D eigenvalue weighted by Gasteiger charge is 2.35. The van der Waals surface area contributed by atoms with Crippen LogP contribution in [0.3, 0.4) is 0 Å². The summed E-state index contributed by atoms with van der Waals surface area (Å²) in [6, 6.07) is -1.50. The minimum absolute atomic E-state index is 0.0939. The van der Waals surface area contributed by atoms with E-state index in [0.717, 1.165) is 44.9 Å². The van der Waals surface area contributed by atoms with E-state index in [4.69, 9.17) is 4.74 Å².